The summed E-state index contributed by atoms with van der Waals surface area (Å²) in [6.07, 6.45) is 5.18. The van der Waals surface area contributed by atoms with Crippen molar-refractivity contribution >= 4 is 23.3 Å². The maximum absolute atomic E-state index is 13.0. The molecule has 6 nitrogen and oxygen atoms in total. The predicted molar refractivity (Wildman–Crippen MR) is 118 cm³/mol. The Morgan fingerprint density at radius 1 is 1.00 bits per heavy atom. The highest BCUT2D eigenvalue weighted by Crippen LogP contribution is 2.27. The first-order chi connectivity index (χ1) is 15.0. The van der Waals surface area contributed by atoms with Gasteiger partial charge in [-0.1, -0.05) is 37.5 Å². The van der Waals surface area contributed by atoms with Gasteiger partial charge in [0.15, 0.2) is 12.4 Å². The number of rotatable bonds is 8. The number of para-hydroxylation sites is 1. The normalized spacial score (nSPS) is 14.0. The molecule has 2 aromatic carbocycles. The largest absolute Gasteiger partial charge is 0.496 e. The zero-order valence-electron chi connectivity index (χ0n) is 18.1. The third-order valence-corrected chi connectivity index (χ3v) is 5.62. The van der Waals surface area contributed by atoms with Gasteiger partial charge in [0.05, 0.1) is 13.5 Å². The van der Waals surface area contributed by atoms with E-state index >= 15 is 0 Å². The molecule has 1 aliphatic rings. The summed E-state index contributed by atoms with van der Waals surface area (Å²) in [7, 11) is 1.50. The average molecular weight is 424 g/mol. The van der Waals surface area contributed by atoms with Crippen LogP contribution >= 0.6 is 0 Å². The van der Waals surface area contributed by atoms with Crippen molar-refractivity contribution in [2.75, 3.05) is 18.6 Å². The Morgan fingerprint density at radius 2 is 1.71 bits per heavy atom. The molecule has 0 spiro atoms. The summed E-state index contributed by atoms with van der Waals surface area (Å²) in [5.74, 6) is -0.361. The zero-order chi connectivity index (χ0) is 22.2. The van der Waals surface area contributed by atoms with Crippen LogP contribution in [0.15, 0.2) is 48.5 Å². The van der Waals surface area contributed by atoms with Crippen LogP contribution in [0.4, 0.5) is 5.69 Å². The fourth-order valence-corrected chi connectivity index (χ4v) is 4.04. The van der Waals surface area contributed by atoms with Crippen molar-refractivity contribution in [3.63, 3.8) is 0 Å². The van der Waals surface area contributed by atoms with Gasteiger partial charge >= 0.3 is 5.97 Å². The van der Waals surface area contributed by atoms with Gasteiger partial charge in [0, 0.05) is 22.9 Å². The van der Waals surface area contributed by atoms with Crippen LogP contribution in [-0.4, -0.2) is 37.4 Å². The quantitative estimate of drug-likeness (QED) is 0.466. The summed E-state index contributed by atoms with van der Waals surface area (Å²) < 4.78 is 10.6. The van der Waals surface area contributed by atoms with Crippen molar-refractivity contribution in [1.82, 2.24) is 0 Å². The summed E-state index contributed by atoms with van der Waals surface area (Å²) in [5, 5.41) is 0. The van der Waals surface area contributed by atoms with Crippen molar-refractivity contribution < 1.29 is 23.9 Å². The number of Topliss-reactive ketones (excluding diaryl/α,β-unsaturated/α-hetero) is 1. The molecule has 164 valence electrons. The molecule has 1 fully saturated rings. The molecule has 0 bridgehead atoms. The third kappa shape index (κ3) is 5.94. The number of hydrogen-bond donors (Lipinski definition) is 0. The monoisotopic (exact) mass is 423 g/mol. The minimum Gasteiger partial charge on any atom is -0.496 e. The molecule has 1 aliphatic carbocycles. The summed E-state index contributed by atoms with van der Waals surface area (Å²) in [5.41, 5.74) is 1.87. The van der Waals surface area contributed by atoms with E-state index in [1.54, 1.807) is 23.1 Å². The van der Waals surface area contributed by atoms with E-state index in [0.717, 1.165) is 31.4 Å². The number of carbonyl (C=O) groups is 3. The molecule has 6 heteroatoms. The van der Waals surface area contributed by atoms with Gasteiger partial charge in [-0.2, -0.15) is 0 Å². The molecule has 31 heavy (non-hydrogen) atoms. The van der Waals surface area contributed by atoms with Gasteiger partial charge in [0.2, 0.25) is 0 Å². The molecule has 0 N–H and O–H groups in total. The van der Waals surface area contributed by atoms with Gasteiger partial charge in [0.1, 0.15) is 5.75 Å². The number of anilines is 1. The maximum Gasteiger partial charge on any atom is 0.310 e. The second-order valence-electron chi connectivity index (χ2n) is 7.81. The Morgan fingerprint density at radius 3 is 2.35 bits per heavy atom. The first kappa shape index (κ1) is 22.5. The van der Waals surface area contributed by atoms with E-state index in [1.165, 1.54) is 20.5 Å². The summed E-state index contributed by atoms with van der Waals surface area (Å²) in [6.45, 7) is 1.14. The first-order valence-electron chi connectivity index (χ1n) is 10.7. The van der Waals surface area contributed by atoms with Crippen molar-refractivity contribution in [1.29, 1.82) is 0 Å². The van der Waals surface area contributed by atoms with Gasteiger partial charge in [0.25, 0.3) is 5.91 Å². The van der Waals surface area contributed by atoms with Crippen LogP contribution in [0.25, 0.3) is 0 Å². The Kier molecular flexibility index (Phi) is 7.82. The average Bonchev–Trinajstić information content (AvgIpc) is 2.79. The molecule has 0 aromatic heterocycles. The summed E-state index contributed by atoms with van der Waals surface area (Å²) in [6, 6.07) is 14.6. The number of amides is 1. The van der Waals surface area contributed by atoms with Gasteiger partial charge in [-0.3, -0.25) is 14.4 Å². The van der Waals surface area contributed by atoms with E-state index in [9.17, 15) is 14.4 Å². The Bertz CT molecular complexity index is 919. The standard InChI is InChI=1S/C25H29NO5/c1-18(27)19-13-14-23(30-2)20(15-19)16-25(29)31-17-24(28)26(21-9-5-3-6-10-21)22-11-7-4-8-12-22/h3,5-6,9-10,13-15,22H,4,7-8,11-12,16-17H2,1-2H3. The third-order valence-electron chi connectivity index (χ3n) is 5.62. The molecule has 1 saturated carbocycles. The van der Waals surface area contributed by atoms with Crippen LogP contribution in [0, 0.1) is 0 Å². The van der Waals surface area contributed by atoms with Crippen LogP contribution in [0.3, 0.4) is 0 Å². The molecule has 0 saturated heterocycles. The van der Waals surface area contributed by atoms with E-state index in [1.807, 2.05) is 30.3 Å². The predicted octanol–water partition coefficient (Wildman–Crippen LogP) is 4.35. The second kappa shape index (κ2) is 10.8. The number of hydrogen-bond acceptors (Lipinski definition) is 5. The fourth-order valence-electron chi connectivity index (χ4n) is 4.04. The van der Waals surface area contributed by atoms with Crippen molar-refractivity contribution in [2.45, 2.75) is 51.5 Å². The summed E-state index contributed by atoms with van der Waals surface area (Å²) in [4.78, 5) is 38.9. The molecular formula is C25H29NO5. The number of benzene rings is 2. The fraction of sp³-hybridized carbons (Fsp3) is 0.400. The number of ether oxygens (including phenoxy) is 2. The molecule has 0 radical (unpaired) electrons. The number of esters is 1. The highest BCUT2D eigenvalue weighted by atomic mass is 16.5. The number of nitrogens with zero attached hydrogens (tertiary/aromatic N) is 1. The van der Waals surface area contributed by atoms with Crippen LogP contribution in [-0.2, 0) is 20.7 Å². The van der Waals surface area contributed by atoms with Crippen LogP contribution < -0.4 is 9.64 Å². The smallest absolute Gasteiger partial charge is 0.310 e. The molecule has 0 heterocycles. The lowest BCUT2D eigenvalue weighted by Crippen LogP contribution is -2.44. The van der Waals surface area contributed by atoms with Crippen LogP contribution in [0.1, 0.15) is 54.9 Å². The number of methoxy groups -OCH3 is 1. The van der Waals surface area contributed by atoms with E-state index in [4.69, 9.17) is 9.47 Å². The molecular weight excluding hydrogens is 394 g/mol. The van der Waals surface area contributed by atoms with Crippen molar-refractivity contribution in [3.05, 3.63) is 59.7 Å². The van der Waals surface area contributed by atoms with Gasteiger partial charge in [-0.25, -0.2) is 0 Å². The molecule has 0 unspecified atom stereocenters. The second-order valence-corrected chi connectivity index (χ2v) is 7.81. The molecule has 0 atom stereocenters. The van der Waals surface area contributed by atoms with Crippen molar-refractivity contribution in [2.24, 2.45) is 0 Å². The number of ketones is 1. The SMILES string of the molecule is COc1ccc(C(C)=O)cc1CC(=O)OCC(=O)N(c1ccccc1)C1CCCCC1. The maximum atomic E-state index is 13.0. The Labute approximate surface area is 183 Å². The summed E-state index contributed by atoms with van der Waals surface area (Å²) >= 11 is 0. The van der Waals surface area contributed by atoms with E-state index in [0.29, 0.717) is 16.9 Å². The van der Waals surface area contributed by atoms with Gasteiger partial charge in [-0.05, 0) is 50.1 Å². The molecule has 1 amide bonds. The highest BCUT2D eigenvalue weighted by Gasteiger charge is 2.27. The topological polar surface area (TPSA) is 72.9 Å². The highest BCUT2D eigenvalue weighted by molar-refractivity contribution is 5.96. The van der Waals surface area contributed by atoms with E-state index in [-0.39, 0.29) is 30.8 Å². The lowest BCUT2D eigenvalue weighted by Gasteiger charge is -2.34. The van der Waals surface area contributed by atoms with E-state index in [2.05, 4.69) is 0 Å². The van der Waals surface area contributed by atoms with Crippen molar-refractivity contribution in [3.8, 4) is 5.75 Å². The Hall–Kier alpha value is -3.15. The number of carbonyl (C=O) groups excluding carboxylic acids is 3. The lowest BCUT2D eigenvalue weighted by molar-refractivity contribution is -0.147. The minimum atomic E-state index is -0.538. The van der Waals surface area contributed by atoms with Crippen LogP contribution in [0.2, 0.25) is 0 Å². The minimum absolute atomic E-state index is 0.0770. The van der Waals surface area contributed by atoms with Gasteiger partial charge < -0.3 is 14.4 Å². The Balaban J connectivity index is 1.67. The molecule has 3 rings (SSSR count). The first-order valence-corrected chi connectivity index (χ1v) is 10.7. The van der Waals surface area contributed by atoms with E-state index < -0.39 is 5.97 Å². The molecule has 0 aliphatic heterocycles. The lowest BCUT2D eigenvalue weighted by atomic mass is 9.93. The van der Waals surface area contributed by atoms with Crippen LogP contribution in [0.5, 0.6) is 5.75 Å². The molecule has 2 aromatic rings. The van der Waals surface area contributed by atoms with Gasteiger partial charge in [-0.15, -0.1) is 0 Å². The zero-order valence-corrected chi connectivity index (χ0v) is 18.1.